The third-order valence-corrected chi connectivity index (χ3v) is 2.58. The summed E-state index contributed by atoms with van der Waals surface area (Å²) < 4.78 is 32.5. The predicted molar refractivity (Wildman–Crippen MR) is 70.5 cm³/mol. The molecule has 8 heteroatoms. The summed E-state index contributed by atoms with van der Waals surface area (Å²) in [4.78, 5) is 9.89. The van der Waals surface area contributed by atoms with Crippen LogP contribution in [-0.4, -0.2) is 10.8 Å². The lowest BCUT2D eigenvalue weighted by Gasteiger charge is -2.09. The van der Waals surface area contributed by atoms with Gasteiger partial charge >= 0.3 is 0 Å². The van der Waals surface area contributed by atoms with Crippen LogP contribution in [0.25, 0.3) is 0 Å². The van der Waals surface area contributed by atoms with Gasteiger partial charge in [-0.3, -0.25) is 15.5 Å². The van der Waals surface area contributed by atoms with Gasteiger partial charge in [0.15, 0.2) is 17.4 Å². The second-order valence-corrected chi connectivity index (χ2v) is 4.04. The maximum atomic E-state index is 13.7. The normalized spacial score (nSPS) is 10.2. The Balaban J connectivity index is 2.31. The number of hydrogen-bond donors (Lipinski definition) is 2. The highest BCUT2D eigenvalue weighted by molar-refractivity contribution is 5.95. The molecule has 0 spiro atoms. The molecule has 6 nitrogen and oxygen atoms in total. The zero-order chi connectivity index (χ0) is 15.6. The van der Waals surface area contributed by atoms with Crippen molar-refractivity contribution in [2.45, 2.75) is 0 Å². The standard InChI is InChI=1S/C13H9F2N3O3/c14-10-5-7(13(16)17)6-11(15)12(10)21-9-3-1-8(2-4-9)18(19)20/h1-6H,(H3,16,17). The molecule has 0 aliphatic rings. The molecule has 0 amide bonds. The summed E-state index contributed by atoms with van der Waals surface area (Å²) in [6.45, 7) is 0. The number of nitrogens with zero attached hydrogens (tertiary/aromatic N) is 1. The number of nitrogens with one attached hydrogen (secondary N) is 1. The van der Waals surface area contributed by atoms with E-state index in [0.29, 0.717) is 0 Å². The number of nitro benzene ring substituents is 1. The SMILES string of the molecule is N=C(N)c1cc(F)c(Oc2ccc([N+](=O)[O-])cc2)c(F)c1. The first-order chi connectivity index (χ1) is 9.88. The highest BCUT2D eigenvalue weighted by Gasteiger charge is 2.15. The van der Waals surface area contributed by atoms with Gasteiger partial charge in [-0.25, -0.2) is 8.78 Å². The molecule has 2 rings (SSSR count). The second-order valence-electron chi connectivity index (χ2n) is 4.04. The van der Waals surface area contributed by atoms with E-state index in [4.69, 9.17) is 15.9 Å². The molecule has 2 aromatic rings. The van der Waals surface area contributed by atoms with Crippen LogP contribution in [0.15, 0.2) is 36.4 Å². The number of amidine groups is 1. The molecule has 0 saturated heterocycles. The van der Waals surface area contributed by atoms with E-state index in [1.54, 1.807) is 0 Å². The van der Waals surface area contributed by atoms with Gasteiger partial charge in [-0.1, -0.05) is 0 Å². The van der Waals surface area contributed by atoms with E-state index in [0.717, 1.165) is 24.3 Å². The molecule has 3 N–H and O–H groups in total. The lowest BCUT2D eigenvalue weighted by Crippen LogP contribution is -2.12. The average molecular weight is 293 g/mol. The zero-order valence-electron chi connectivity index (χ0n) is 10.5. The molecule has 21 heavy (non-hydrogen) atoms. The summed E-state index contributed by atoms with van der Waals surface area (Å²) >= 11 is 0. The number of benzene rings is 2. The Morgan fingerprint density at radius 1 is 1.19 bits per heavy atom. The zero-order valence-corrected chi connectivity index (χ0v) is 10.5. The van der Waals surface area contributed by atoms with Gasteiger partial charge in [0.1, 0.15) is 11.6 Å². The number of ether oxygens (including phenoxy) is 1. The minimum atomic E-state index is -1.03. The monoisotopic (exact) mass is 293 g/mol. The van der Waals surface area contributed by atoms with Gasteiger partial charge in [-0.15, -0.1) is 0 Å². The first kappa shape index (κ1) is 14.4. The first-order valence-corrected chi connectivity index (χ1v) is 5.64. The molecule has 0 aromatic heterocycles. The summed E-state index contributed by atoms with van der Waals surface area (Å²) in [6.07, 6.45) is 0. The molecule has 0 bridgehead atoms. The van der Waals surface area contributed by atoms with E-state index in [-0.39, 0.29) is 17.0 Å². The lowest BCUT2D eigenvalue weighted by atomic mass is 10.2. The minimum Gasteiger partial charge on any atom is -0.451 e. The highest BCUT2D eigenvalue weighted by atomic mass is 19.1. The molecular formula is C13H9F2N3O3. The molecule has 108 valence electrons. The molecule has 0 radical (unpaired) electrons. The van der Waals surface area contributed by atoms with Crippen molar-refractivity contribution < 1.29 is 18.4 Å². The summed E-state index contributed by atoms with van der Waals surface area (Å²) in [5.74, 6) is -3.17. The molecule has 0 atom stereocenters. The van der Waals surface area contributed by atoms with Crippen molar-refractivity contribution in [1.82, 2.24) is 0 Å². The van der Waals surface area contributed by atoms with Gasteiger partial charge in [0.25, 0.3) is 5.69 Å². The van der Waals surface area contributed by atoms with Crippen LogP contribution in [-0.2, 0) is 0 Å². The van der Waals surface area contributed by atoms with Gasteiger partial charge in [-0.05, 0) is 24.3 Å². The second kappa shape index (κ2) is 5.53. The fourth-order valence-electron chi connectivity index (χ4n) is 1.57. The summed E-state index contributed by atoms with van der Waals surface area (Å²) in [7, 11) is 0. The summed E-state index contributed by atoms with van der Waals surface area (Å²) in [6, 6.07) is 6.47. The Morgan fingerprint density at radius 3 is 2.14 bits per heavy atom. The predicted octanol–water partition coefficient (Wildman–Crippen LogP) is 2.95. The van der Waals surface area contributed by atoms with E-state index in [9.17, 15) is 18.9 Å². The van der Waals surface area contributed by atoms with Crippen molar-refractivity contribution >= 4 is 11.5 Å². The van der Waals surface area contributed by atoms with Crippen LogP contribution < -0.4 is 10.5 Å². The minimum absolute atomic E-state index is 0.0361. The van der Waals surface area contributed by atoms with Gasteiger partial charge in [-0.2, -0.15) is 0 Å². The quantitative estimate of drug-likeness (QED) is 0.391. The Kier molecular flexibility index (Phi) is 3.79. The maximum Gasteiger partial charge on any atom is 0.269 e. The third-order valence-electron chi connectivity index (χ3n) is 2.58. The number of rotatable bonds is 4. The van der Waals surface area contributed by atoms with Crippen LogP contribution in [0.3, 0.4) is 0 Å². The Morgan fingerprint density at radius 2 is 1.71 bits per heavy atom. The fourth-order valence-corrected chi connectivity index (χ4v) is 1.57. The van der Waals surface area contributed by atoms with Crippen LogP contribution in [0, 0.1) is 27.2 Å². The molecule has 0 aliphatic heterocycles. The molecule has 0 heterocycles. The van der Waals surface area contributed by atoms with Crippen molar-refractivity contribution in [2.24, 2.45) is 5.73 Å². The topological polar surface area (TPSA) is 102 Å². The van der Waals surface area contributed by atoms with Crippen LogP contribution in [0.4, 0.5) is 14.5 Å². The summed E-state index contributed by atoms with van der Waals surface area (Å²) in [5, 5.41) is 17.6. The van der Waals surface area contributed by atoms with Crippen LogP contribution >= 0.6 is 0 Å². The molecule has 0 saturated carbocycles. The van der Waals surface area contributed by atoms with E-state index >= 15 is 0 Å². The largest absolute Gasteiger partial charge is 0.451 e. The van der Waals surface area contributed by atoms with Crippen molar-refractivity contribution in [3.05, 3.63) is 63.7 Å². The van der Waals surface area contributed by atoms with Crippen molar-refractivity contribution in [3.63, 3.8) is 0 Å². The fraction of sp³-hybridized carbons (Fsp3) is 0. The lowest BCUT2D eigenvalue weighted by molar-refractivity contribution is -0.384. The average Bonchev–Trinajstić information content (AvgIpc) is 2.43. The van der Waals surface area contributed by atoms with Crippen LogP contribution in [0.1, 0.15) is 5.56 Å². The van der Waals surface area contributed by atoms with Gasteiger partial charge in [0, 0.05) is 17.7 Å². The molecule has 0 fully saturated rings. The van der Waals surface area contributed by atoms with E-state index in [1.165, 1.54) is 12.1 Å². The smallest absolute Gasteiger partial charge is 0.269 e. The first-order valence-electron chi connectivity index (χ1n) is 5.64. The van der Waals surface area contributed by atoms with E-state index < -0.39 is 28.1 Å². The van der Waals surface area contributed by atoms with Crippen molar-refractivity contribution in [2.75, 3.05) is 0 Å². The Labute approximate surface area is 117 Å². The number of nitro groups is 1. The molecule has 0 unspecified atom stereocenters. The van der Waals surface area contributed by atoms with Crippen molar-refractivity contribution in [1.29, 1.82) is 5.41 Å². The number of nitrogens with two attached hydrogens (primary N) is 1. The number of halogens is 2. The van der Waals surface area contributed by atoms with Crippen LogP contribution in [0.5, 0.6) is 11.5 Å². The Hall–Kier alpha value is -3.03. The van der Waals surface area contributed by atoms with E-state index in [1.807, 2.05) is 0 Å². The van der Waals surface area contributed by atoms with Crippen molar-refractivity contribution in [3.8, 4) is 11.5 Å². The third kappa shape index (κ3) is 3.11. The Bertz CT molecular complexity index is 694. The number of hydrogen-bond acceptors (Lipinski definition) is 4. The van der Waals surface area contributed by atoms with Crippen LogP contribution in [0.2, 0.25) is 0 Å². The highest BCUT2D eigenvalue weighted by Crippen LogP contribution is 2.29. The van der Waals surface area contributed by atoms with E-state index in [2.05, 4.69) is 0 Å². The van der Waals surface area contributed by atoms with Gasteiger partial charge < -0.3 is 10.5 Å². The molecular weight excluding hydrogens is 284 g/mol. The molecule has 0 aliphatic carbocycles. The number of non-ortho nitro benzene ring substituents is 1. The number of nitrogen functional groups attached to an aromatic ring is 1. The molecule has 2 aromatic carbocycles. The summed E-state index contributed by atoms with van der Waals surface area (Å²) in [5.41, 5.74) is 4.86. The van der Waals surface area contributed by atoms with Gasteiger partial charge in [0.05, 0.1) is 4.92 Å². The maximum absolute atomic E-state index is 13.7. The van der Waals surface area contributed by atoms with Gasteiger partial charge in [0.2, 0.25) is 0 Å².